The minimum Gasteiger partial charge on any atom is -0.339 e. The highest BCUT2D eigenvalue weighted by Crippen LogP contribution is 2.43. The van der Waals surface area contributed by atoms with Crippen LogP contribution in [0.25, 0.3) is 0 Å². The number of ketones is 1. The van der Waals surface area contributed by atoms with Crippen molar-refractivity contribution in [2.45, 2.75) is 55.4 Å². The maximum atomic E-state index is 11.3. The summed E-state index contributed by atoms with van der Waals surface area (Å²) in [5.41, 5.74) is 0. The summed E-state index contributed by atoms with van der Waals surface area (Å²) < 4.78 is 5.49. The van der Waals surface area contributed by atoms with Gasteiger partial charge in [-0.05, 0) is 19.3 Å². The number of carbonyl (C=O) groups is 1. The average molecular weight is 312 g/mol. The summed E-state index contributed by atoms with van der Waals surface area (Å²) in [6.45, 7) is 2.23. The van der Waals surface area contributed by atoms with Crippen molar-refractivity contribution in [1.82, 2.24) is 10.1 Å². The van der Waals surface area contributed by atoms with Gasteiger partial charge in [0.2, 0.25) is 5.89 Å². The number of nitrogens with zero attached hydrogens (tertiary/aromatic N) is 2. The van der Waals surface area contributed by atoms with Crippen LogP contribution in [-0.2, 0) is 4.79 Å². The third kappa shape index (κ3) is 3.06. The van der Waals surface area contributed by atoms with E-state index in [4.69, 9.17) is 4.52 Å². The van der Waals surface area contributed by atoms with E-state index in [0.29, 0.717) is 29.1 Å². The van der Waals surface area contributed by atoms with Crippen LogP contribution in [-0.4, -0.2) is 32.7 Å². The molecule has 1 saturated heterocycles. The van der Waals surface area contributed by atoms with E-state index in [-0.39, 0.29) is 5.92 Å². The second kappa shape index (κ2) is 6.52. The third-order valence-corrected chi connectivity index (χ3v) is 7.30. The summed E-state index contributed by atoms with van der Waals surface area (Å²) in [6.07, 6.45) is 4.20. The van der Waals surface area contributed by atoms with Crippen LogP contribution in [0.1, 0.15) is 61.9 Å². The lowest BCUT2D eigenvalue weighted by atomic mass is 9.88. The van der Waals surface area contributed by atoms with Gasteiger partial charge >= 0.3 is 0 Å². The second-order valence-electron chi connectivity index (χ2n) is 5.41. The summed E-state index contributed by atoms with van der Waals surface area (Å²) in [7, 11) is 0. The van der Waals surface area contributed by atoms with Crippen molar-refractivity contribution in [3.63, 3.8) is 0 Å². The Morgan fingerprint density at radius 3 is 2.75 bits per heavy atom. The van der Waals surface area contributed by atoms with Gasteiger partial charge in [-0.15, -0.1) is 11.8 Å². The van der Waals surface area contributed by atoms with Crippen LogP contribution < -0.4 is 0 Å². The standard InChI is InChI=1S/C14H20N2O2S2/c1-2-11-12(20-8-7-19-11)13-15-14(18-16-13)9-3-5-10(17)6-4-9/h9,11-12H,2-8H2,1H3. The molecule has 0 aromatic carbocycles. The smallest absolute Gasteiger partial charge is 0.229 e. The normalized spacial score (nSPS) is 28.8. The van der Waals surface area contributed by atoms with Gasteiger partial charge in [-0.3, -0.25) is 4.79 Å². The van der Waals surface area contributed by atoms with Crippen LogP contribution in [0.2, 0.25) is 0 Å². The highest BCUT2D eigenvalue weighted by molar-refractivity contribution is 8.06. The molecule has 0 bridgehead atoms. The largest absolute Gasteiger partial charge is 0.339 e. The molecule has 2 aliphatic rings. The lowest BCUT2D eigenvalue weighted by molar-refractivity contribution is -0.120. The molecule has 1 aromatic rings. The molecule has 0 spiro atoms. The lowest BCUT2D eigenvalue weighted by Crippen LogP contribution is -2.19. The third-order valence-electron chi connectivity index (χ3n) is 4.06. The first-order valence-corrected chi connectivity index (χ1v) is 9.46. The molecular formula is C14H20N2O2S2. The summed E-state index contributed by atoms with van der Waals surface area (Å²) >= 11 is 3.97. The Kier molecular flexibility index (Phi) is 4.71. The van der Waals surface area contributed by atoms with Crippen molar-refractivity contribution in [1.29, 1.82) is 0 Å². The molecule has 3 rings (SSSR count). The molecule has 2 heterocycles. The molecule has 0 N–H and O–H groups in total. The second-order valence-corrected chi connectivity index (χ2v) is 8.01. The first-order valence-electron chi connectivity index (χ1n) is 7.36. The van der Waals surface area contributed by atoms with E-state index < -0.39 is 0 Å². The highest BCUT2D eigenvalue weighted by Gasteiger charge is 2.32. The minimum absolute atomic E-state index is 0.287. The summed E-state index contributed by atoms with van der Waals surface area (Å²) in [6, 6.07) is 0. The zero-order chi connectivity index (χ0) is 13.9. The number of rotatable bonds is 3. The van der Waals surface area contributed by atoms with Gasteiger partial charge in [-0.25, -0.2) is 0 Å². The fraction of sp³-hybridized carbons (Fsp3) is 0.786. The Morgan fingerprint density at radius 2 is 2.00 bits per heavy atom. The van der Waals surface area contributed by atoms with Crippen molar-refractivity contribution in [3.05, 3.63) is 11.7 Å². The van der Waals surface area contributed by atoms with E-state index in [1.807, 2.05) is 23.5 Å². The van der Waals surface area contributed by atoms with E-state index in [0.717, 1.165) is 36.7 Å². The lowest BCUT2D eigenvalue weighted by Gasteiger charge is -2.27. The van der Waals surface area contributed by atoms with Crippen molar-refractivity contribution < 1.29 is 9.32 Å². The zero-order valence-corrected chi connectivity index (χ0v) is 13.3. The molecule has 2 unspecified atom stereocenters. The van der Waals surface area contributed by atoms with Crippen molar-refractivity contribution in [2.75, 3.05) is 11.5 Å². The van der Waals surface area contributed by atoms with Gasteiger partial charge < -0.3 is 4.52 Å². The first kappa shape index (κ1) is 14.4. The number of hydrogen-bond acceptors (Lipinski definition) is 6. The van der Waals surface area contributed by atoms with Crippen LogP contribution in [0, 0.1) is 0 Å². The molecule has 2 fully saturated rings. The van der Waals surface area contributed by atoms with Gasteiger partial charge in [0.1, 0.15) is 5.78 Å². The molecule has 1 aliphatic carbocycles. The van der Waals surface area contributed by atoms with Gasteiger partial charge in [-0.1, -0.05) is 12.1 Å². The van der Waals surface area contributed by atoms with Crippen LogP contribution in [0.5, 0.6) is 0 Å². The van der Waals surface area contributed by atoms with Gasteiger partial charge in [0.15, 0.2) is 5.82 Å². The van der Waals surface area contributed by atoms with Gasteiger partial charge in [0, 0.05) is 35.5 Å². The fourth-order valence-electron chi connectivity index (χ4n) is 2.86. The maximum absolute atomic E-state index is 11.3. The van der Waals surface area contributed by atoms with Gasteiger partial charge in [0.05, 0.1) is 5.25 Å². The average Bonchev–Trinajstić information content (AvgIpc) is 2.97. The Bertz CT molecular complexity index is 467. The Hall–Kier alpha value is -0.490. The van der Waals surface area contributed by atoms with E-state index >= 15 is 0 Å². The maximum Gasteiger partial charge on any atom is 0.229 e. The van der Waals surface area contributed by atoms with Crippen molar-refractivity contribution in [2.24, 2.45) is 0 Å². The molecule has 0 radical (unpaired) electrons. The Morgan fingerprint density at radius 1 is 1.25 bits per heavy atom. The van der Waals surface area contributed by atoms with Crippen molar-refractivity contribution in [3.8, 4) is 0 Å². The summed E-state index contributed by atoms with van der Waals surface area (Å²) in [5, 5.41) is 5.18. The van der Waals surface area contributed by atoms with Crippen LogP contribution in [0.15, 0.2) is 4.52 Å². The quantitative estimate of drug-likeness (QED) is 0.850. The van der Waals surface area contributed by atoms with Crippen LogP contribution in [0.3, 0.4) is 0 Å². The molecule has 1 aliphatic heterocycles. The Balaban J connectivity index is 1.71. The van der Waals surface area contributed by atoms with Gasteiger partial charge in [0.25, 0.3) is 0 Å². The van der Waals surface area contributed by atoms with E-state index in [1.54, 1.807) is 0 Å². The van der Waals surface area contributed by atoms with Crippen molar-refractivity contribution >= 4 is 29.3 Å². The van der Waals surface area contributed by atoms with Gasteiger partial charge in [-0.2, -0.15) is 16.7 Å². The fourth-order valence-corrected chi connectivity index (χ4v) is 5.84. The van der Waals surface area contributed by atoms with Crippen LogP contribution >= 0.6 is 23.5 Å². The van der Waals surface area contributed by atoms with E-state index in [1.165, 1.54) is 5.75 Å². The molecule has 1 saturated carbocycles. The van der Waals surface area contributed by atoms with E-state index in [2.05, 4.69) is 17.1 Å². The Labute approximate surface area is 127 Å². The number of Topliss-reactive ketones (excluding diaryl/α,β-unsaturated/α-hetero) is 1. The number of thioether (sulfide) groups is 2. The molecule has 1 aromatic heterocycles. The monoisotopic (exact) mass is 312 g/mol. The molecular weight excluding hydrogens is 292 g/mol. The number of hydrogen-bond donors (Lipinski definition) is 0. The molecule has 20 heavy (non-hydrogen) atoms. The molecule has 0 amide bonds. The molecule has 4 nitrogen and oxygen atoms in total. The SMILES string of the molecule is CCC1SCCSC1c1noc(C2CCC(=O)CC2)n1. The number of aromatic nitrogens is 2. The van der Waals surface area contributed by atoms with E-state index in [9.17, 15) is 4.79 Å². The van der Waals surface area contributed by atoms with Crippen LogP contribution in [0.4, 0.5) is 0 Å². The highest BCUT2D eigenvalue weighted by atomic mass is 32.2. The minimum atomic E-state index is 0.287. The molecule has 110 valence electrons. The summed E-state index contributed by atoms with van der Waals surface area (Å²) in [5.74, 6) is 4.64. The molecule has 6 heteroatoms. The predicted octanol–water partition coefficient (Wildman–Crippen LogP) is 3.60. The zero-order valence-electron chi connectivity index (χ0n) is 11.7. The number of carbonyl (C=O) groups excluding carboxylic acids is 1. The predicted molar refractivity (Wildman–Crippen MR) is 82.3 cm³/mol. The first-order chi connectivity index (χ1) is 9.78. The molecule has 2 atom stereocenters. The topological polar surface area (TPSA) is 56.0 Å². The summed E-state index contributed by atoms with van der Waals surface area (Å²) in [4.78, 5) is 16.0.